The van der Waals surface area contributed by atoms with Crippen LogP contribution in [0.4, 0.5) is 0 Å². The van der Waals surface area contributed by atoms with E-state index < -0.39 is 5.54 Å². The van der Waals surface area contributed by atoms with Crippen LogP contribution in [0.25, 0.3) is 0 Å². The molecule has 14 heavy (non-hydrogen) atoms. The summed E-state index contributed by atoms with van der Waals surface area (Å²) < 4.78 is 0. The molecule has 0 aromatic heterocycles. The maximum absolute atomic E-state index is 12.0. The molecule has 1 unspecified atom stereocenters. The Kier molecular flexibility index (Phi) is 4.26. The van der Waals surface area contributed by atoms with E-state index in [-0.39, 0.29) is 5.91 Å². The fourth-order valence-electron chi connectivity index (χ4n) is 1.75. The highest BCUT2D eigenvalue weighted by molar-refractivity contribution is 7.99. The van der Waals surface area contributed by atoms with Gasteiger partial charge in [-0.15, -0.1) is 0 Å². The Labute approximate surface area is 90.4 Å². The molecule has 1 aliphatic heterocycles. The lowest BCUT2D eigenvalue weighted by atomic mass is 9.96. The molecule has 0 saturated carbocycles. The van der Waals surface area contributed by atoms with Crippen molar-refractivity contribution in [1.82, 2.24) is 4.90 Å². The minimum Gasteiger partial charge on any atom is -0.339 e. The molecule has 1 heterocycles. The van der Waals surface area contributed by atoms with Gasteiger partial charge in [0.25, 0.3) is 0 Å². The zero-order valence-corrected chi connectivity index (χ0v) is 9.90. The van der Waals surface area contributed by atoms with Gasteiger partial charge in [0.2, 0.25) is 5.91 Å². The van der Waals surface area contributed by atoms with E-state index in [0.29, 0.717) is 0 Å². The smallest absolute Gasteiger partial charge is 0.242 e. The highest BCUT2D eigenvalue weighted by Crippen LogP contribution is 2.16. The van der Waals surface area contributed by atoms with E-state index in [4.69, 9.17) is 5.73 Å². The van der Waals surface area contributed by atoms with Gasteiger partial charge in [0.15, 0.2) is 0 Å². The van der Waals surface area contributed by atoms with Gasteiger partial charge in [-0.25, -0.2) is 0 Å². The Morgan fingerprint density at radius 1 is 1.50 bits per heavy atom. The van der Waals surface area contributed by atoms with E-state index in [1.165, 1.54) is 0 Å². The molecule has 0 aromatic rings. The van der Waals surface area contributed by atoms with Crippen molar-refractivity contribution in [2.75, 3.05) is 24.6 Å². The van der Waals surface area contributed by atoms with Gasteiger partial charge in [0, 0.05) is 24.6 Å². The molecule has 4 heteroatoms. The molecule has 1 fully saturated rings. The zero-order chi connectivity index (χ0) is 10.6. The second kappa shape index (κ2) is 5.03. The van der Waals surface area contributed by atoms with Gasteiger partial charge in [-0.3, -0.25) is 4.79 Å². The number of hydrogen-bond acceptors (Lipinski definition) is 3. The summed E-state index contributed by atoms with van der Waals surface area (Å²) in [5.74, 6) is 2.22. The molecule has 1 amide bonds. The standard InChI is InChI=1S/C10H20N2OS/c1-3-4-10(2,11)9(13)12-5-7-14-8-6-12/h3-8,11H2,1-2H3. The molecule has 1 atom stereocenters. The summed E-state index contributed by atoms with van der Waals surface area (Å²) in [5, 5.41) is 0. The van der Waals surface area contributed by atoms with Gasteiger partial charge in [-0.1, -0.05) is 13.3 Å². The molecule has 1 aliphatic rings. The van der Waals surface area contributed by atoms with Crippen molar-refractivity contribution < 1.29 is 4.79 Å². The van der Waals surface area contributed by atoms with Crippen LogP contribution in [0.5, 0.6) is 0 Å². The second-order valence-corrected chi connectivity index (χ2v) is 5.30. The Hall–Kier alpha value is -0.220. The van der Waals surface area contributed by atoms with Crippen LogP contribution < -0.4 is 5.73 Å². The molecular formula is C10H20N2OS. The Morgan fingerprint density at radius 3 is 2.57 bits per heavy atom. The Balaban J connectivity index is 2.53. The van der Waals surface area contributed by atoms with Gasteiger partial charge in [-0.2, -0.15) is 11.8 Å². The predicted molar refractivity (Wildman–Crippen MR) is 61.4 cm³/mol. The monoisotopic (exact) mass is 216 g/mol. The lowest BCUT2D eigenvalue weighted by molar-refractivity contribution is -0.136. The van der Waals surface area contributed by atoms with Crippen LogP contribution in [0.15, 0.2) is 0 Å². The van der Waals surface area contributed by atoms with Crippen LogP contribution in [0.2, 0.25) is 0 Å². The molecule has 0 radical (unpaired) electrons. The first-order chi connectivity index (χ1) is 6.58. The second-order valence-electron chi connectivity index (χ2n) is 4.07. The highest BCUT2D eigenvalue weighted by Gasteiger charge is 2.32. The Bertz CT molecular complexity index is 200. The fourth-order valence-corrected chi connectivity index (χ4v) is 2.66. The average molecular weight is 216 g/mol. The lowest BCUT2D eigenvalue weighted by Gasteiger charge is -2.33. The molecule has 1 rings (SSSR count). The van der Waals surface area contributed by atoms with Crippen molar-refractivity contribution in [3.05, 3.63) is 0 Å². The van der Waals surface area contributed by atoms with Crippen LogP contribution in [0.1, 0.15) is 26.7 Å². The van der Waals surface area contributed by atoms with Crippen molar-refractivity contribution in [3.8, 4) is 0 Å². The SMILES string of the molecule is CCCC(C)(N)C(=O)N1CCSCC1. The topological polar surface area (TPSA) is 46.3 Å². The Morgan fingerprint density at radius 2 is 2.07 bits per heavy atom. The third-order valence-electron chi connectivity index (χ3n) is 2.56. The first-order valence-electron chi connectivity index (χ1n) is 5.24. The number of rotatable bonds is 3. The number of amides is 1. The number of nitrogens with zero attached hydrogens (tertiary/aromatic N) is 1. The van der Waals surface area contributed by atoms with Crippen LogP contribution >= 0.6 is 11.8 Å². The first-order valence-corrected chi connectivity index (χ1v) is 6.39. The molecule has 2 N–H and O–H groups in total. The molecule has 3 nitrogen and oxygen atoms in total. The number of nitrogens with two attached hydrogens (primary N) is 1. The number of hydrogen-bond donors (Lipinski definition) is 1. The van der Waals surface area contributed by atoms with E-state index in [9.17, 15) is 4.79 Å². The van der Waals surface area contributed by atoms with Gasteiger partial charge in [-0.05, 0) is 13.3 Å². The van der Waals surface area contributed by atoms with Gasteiger partial charge < -0.3 is 10.6 Å². The molecule has 1 saturated heterocycles. The number of carbonyl (C=O) groups is 1. The minimum absolute atomic E-state index is 0.125. The third kappa shape index (κ3) is 2.89. The number of thioether (sulfide) groups is 1. The van der Waals surface area contributed by atoms with Crippen LogP contribution in [0, 0.1) is 0 Å². The van der Waals surface area contributed by atoms with E-state index in [1.807, 2.05) is 23.6 Å². The summed E-state index contributed by atoms with van der Waals surface area (Å²) in [6.07, 6.45) is 1.73. The summed E-state index contributed by atoms with van der Waals surface area (Å²) in [7, 11) is 0. The van der Waals surface area contributed by atoms with Crippen molar-refractivity contribution in [2.24, 2.45) is 5.73 Å². The van der Waals surface area contributed by atoms with Crippen molar-refractivity contribution in [3.63, 3.8) is 0 Å². The van der Waals surface area contributed by atoms with E-state index >= 15 is 0 Å². The third-order valence-corrected chi connectivity index (χ3v) is 3.50. The molecule has 0 bridgehead atoms. The van der Waals surface area contributed by atoms with E-state index in [1.54, 1.807) is 0 Å². The van der Waals surface area contributed by atoms with Crippen molar-refractivity contribution in [2.45, 2.75) is 32.2 Å². The molecule has 0 aromatic carbocycles. The summed E-state index contributed by atoms with van der Waals surface area (Å²) in [5.41, 5.74) is 5.35. The summed E-state index contributed by atoms with van der Waals surface area (Å²) in [4.78, 5) is 13.9. The van der Waals surface area contributed by atoms with Crippen LogP contribution in [0.3, 0.4) is 0 Å². The van der Waals surface area contributed by atoms with Gasteiger partial charge >= 0.3 is 0 Å². The van der Waals surface area contributed by atoms with Gasteiger partial charge in [0.1, 0.15) is 0 Å². The normalized spacial score (nSPS) is 21.8. The van der Waals surface area contributed by atoms with Crippen molar-refractivity contribution in [1.29, 1.82) is 0 Å². The first kappa shape index (κ1) is 11.9. The van der Waals surface area contributed by atoms with E-state index in [0.717, 1.165) is 37.4 Å². The quantitative estimate of drug-likeness (QED) is 0.768. The average Bonchev–Trinajstić information content (AvgIpc) is 2.18. The molecule has 0 spiro atoms. The van der Waals surface area contributed by atoms with E-state index in [2.05, 4.69) is 6.92 Å². The molecule has 82 valence electrons. The summed E-state index contributed by atoms with van der Waals surface area (Å²) in [6, 6.07) is 0. The number of carbonyl (C=O) groups excluding carboxylic acids is 1. The van der Waals surface area contributed by atoms with Gasteiger partial charge in [0.05, 0.1) is 5.54 Å². The zero-order valence-electron chi connectivity index (χ0n) is 9.08. The van der Waals surface area contributed by atoms with Crippen LogP contribution in [-0.4, -0.2) is 40.9 Å². The summed E-state index contributed by atoms with van der Waals surface area (Å²) in [6.45, 7) is 5.63. The fraction of sp³-hybridized carbons (Fsp3) is 0.900. The summed E-state index contributed by atoms with van der Waals surface area (Å²) >= 11 is 1.91. The van der Waals surface area contributed by atoms with Crippen LogP contribution in [-0.2, 0) is 4.79 Å². The van der Waals surface area contributed by atoms with Crippen molar-refractivity contribution >= 4 is 17.7 Å². The predicted octanol–water partition coefficient (Wildman–Crippen LogP) is 1.08. The highest BCUT2D eigenvalue weighted by atomic mass is 32.2. The largest absolute Gasteiger partial charge is 0.339 e. The minimum atomic E-state index is -0.656. The molecule has 0 aliphatic carbocycles. The maximum Gasteiger partial charge on any atom is 0.242 e. The molecular weight excluding hydrogens is 196 g/mol. The lowest BCUT2D eigenvalue weighted by Crippen LogP contribution is -2.55. The maximum atomic E-state index is 12.0.